The summed E-state index contributed by atoms with van der Waals surface area (Å²) in [6.07, 6.45) is 6.58. The first-order valence-corrected chi connectivity index (χ1v) is 6.05. The second-order valence-electron chi connectivity index (χ2n) is 5.30. The van der Waals surface area contributed by atoms with Gasteiger partial charge in [-0.15, -0.1) is 0 Å². The van der Waals surface area contributed by atoms with Crippen molar-refractivity contribution in [3.8, 4) is 0 Å². The van der Waals surface area contributed by atoms with E-state index in [2.05, 4.69) is 6.92 Å². The predicted octanol–water partition coefficient (Wildman–Crippen LogP) is 2.18. The third kappa shape index (κ3) is 1.82. The number of nitrogens with two attached hydrogens (primary N) is 1. The molecule has 2 heteroatoms. The Balaban J connectivity index is 2.03. The normalized spacial score (nSPS) is 40.3. The van der Waals surface area contributed by atoms with Crippen LogP contribution in [0.15, 0.2) is 0 Å². The van der Waals surface area contributed by atoms with Gasteiger partial charge in [0.2, 0.25) is 0 Å². The van der Waals surface area contributed by atoms with Gasteiger partial charge in [0.15, 0.2) is 0 Å². The molecule has 2 aliphatic rings. The predicted molar refractivity (Wildman–Crippen MR) is 58.0 cm³/mol. The number of ether oxygens (including phenoxy) is 1. The lowest BCUT2D eigenvalue weighted by Gasteiger charge is -2.39. The Morgan fingerprint density at radius 3 is 2.50 bits per heavy atom. The third-order valence-electron chi connectivity index (χ3n) is 4.38. The van der Waals surface area contributed by atoms with Crippen LogP contribution in [0.3, 0.4) is 0 Å². The molecule has 14 heavy (non-hydrogen) atoms. The lowest BCUT2D eigenvalue weighted by molar-refractivity contribution is 0.0135. The van der Waals surface area contributed by atoms with Gasteiger partial charge in [-0.2, -0.15) is 0 Å². The minimum atomic E-state index is 0.475. The average Bonchev–Trinajstić information content (AvgIpc) is 2.63. The van der Waals surface area contributed by atoms with Gasteiger partial charge in [-0.05, 0) is 49.5 Å². The average molecular weight is 197 g/mol. The Hall–Kier alpha value is -0.0800. The fraction of sp³-hybridized carbons (Fsp3) is 1.00. The first-order chi connectivity index (χ1) is 6.77. The van der Waals surface area contributed by atoms with E-state index in [1.807, 2.05) is 0 Å². The number of hydrogen-bond acceptors (Lipinski definition) is 2. The summed E-state index contributed by atoms with van der Waals surface area (Å²) in [6.45, 7) is 5.18. The van der Waals surface area contributed by atoms with E-state index >= 15 is 0 Å². The van der Waals surface area contributed by atoms with E-state index in [-0.39, 0.29) is 0 Å². The summed E-state index contributed by atoms with van der Waals surface area (Å²) in [5, 5.41) is 0. The number of hydrogen-bond donors (Lipinski definition) is 1. The largest absolute Gasteiger partial charge is 0.381 e. The Morgan fingerprint density at radius 1 is 1.29 bits per heavy atom. The van der Waals surface area contributed by atoms with Crippen molar-refractivity contribution in [3.05, 3.63) is 0 Å². The van der Waals surface area contributed by atoms with Crippen LogP contribution < -0.4 is 5.73 Å². The molecule has 0 spiro atoms. The molecule has 0 radical (unpaired) electrons. The van der Waals surface area contributed by atoms with E-state index in [1.54, 1.807) is 0 Å². The molecule has 2 unspecified atom stereocenters. The zero-order valence-electron chi connectivity index (χ0n) is 9.30. The maximum atomic E-state index is 6.02. The van der Waals surface area contributed by atoms with Crippen LogP contribution in [0, 0.1) is 17.3 Å². The summed E-state index contributed by atoms with van der Waals surface area (Å²) in [4.78, 5) is 0. The highest BCUT2D eigenvalue weighted by molar-refractivity contribution is 4.94. The van der Waals surface area contributed by atoms with Gasteiger partial charge in [0.25, 0.3) is 0 Å². The van der Waals surface area contributed by atoms with Crippen LogP contribution in [0.25, 0.3) is 0 Å². The van der Waals surface area contributed by atoms with Crippen LogP contribution in [0.2, 0.25) is 0 Å². The summed E-state index contributed by atoms with van der Waals surface area (Å²) >= 11 is 0. The van der Waals surface area contributed by atoms with E-state index in [4.69, 9.17) is 10.5 Å². The van der Waals surface area contributed by atoms with Gasteiger partial charge in [-0.3, -0.25) is 0 Å². The standard InChI is InChI=1S/C12H23NO/c1-10-2-5-12(8-10,9-13)11-3-6-14-7-4-11/h10-11H,2-9,13H2,1H3. The van der Waals surface area contributed by atoms with Crippen molar-refractivity contribution in [2.24, 2.45) is 23.0 Å². The summed E-state index contributed by atoms with van der Waals surface area (Å²) < 4.78 is 5.43. The van der Waals surface area contributed by atoms with E-state index in [9.17, 15) is 0 Å². The quantitative estimate of drug-likeness (QED) is 0.736. The molecule has 2 N–H and O–H groups in total. The molecule has 2 atom stereocenters. The molecule has 2 nitrogen and oxygen atoms in total. The first kappa shape index (κ1) is 10.4. The molecule has 82 valence electrons. The third-order valence-corrected chi connectivity index (χ3v) is 4.38. The van der Waals surface area contributed by atoms with Gasteiger partial charge >= 0.3 is 0 Å². The molecule has 2 fully saturated rings. The second-order valence-corrected chi connectivity index (χ2v) is 5.30. The monoisotopic (exact) mass is 197 g/mol. The van der Waals surface area contributed by atoms with Crippen LogP contribution in [-0.4, -0.2) is 19.8 Å². The van der Waals surface area contributed by atoms with Gasteiger partial charge in [-0.1, -0.05) is 13.3 Å². The minimum Gasteiger partial charge on any atom is -0.381 e. The highest BCUT2D eigenvalue weighted by Gasteiger charge is 2.42. The number of rotatable bonds is 2. The Bertz CT molecular complexity index is 189. The van der Waals surface area contributed by atoms with Crippen LogP contribution in [-0.2, 0) is 4.74 Å². The molecule has 1 saturated carbocycles. The SMILES string of the molecule is CC1CCC(CN)(C2CCOCC2)C1. The van der Waals surface area contributed by atoms with Crippen LogP contribution in [0.4, 0.5) is 0 Å². The molecule has 1 saturated heterocycles. The van der Waals surface area contributed by atoms with E-state index in [1.165, 1.54) is 32.1 Å². The molecule has 0 aromatic rings. The molecule has 2 rings (SSSR count). The maximum absolute atomic E-state index is 6.02. The lowest BCUT2D eigenvalue weighted by atomic mass is 9.70. The highest BCUT2D eigenvalue weighted by atomic mass is 16.5. The van der Waals surface area contributed by atoms with Crippen LogP contribution >= 0.6 is 0 Å². The fourth-order valence-corrected chi connectivity index (χ4v) is 3.46. The van der Waals surface area contributed by atoms with E-state index in [0.29, 0.717) is 5.41 Å². The second kappa shape index (κ2) is 4.19. The Labute approximate surface area is 87.2 Å². The molecule has 0 bridgehead atoms. The molecule has 0 aromatic heterocycles. The van der Waals surface area contributed by atoms with E-state index in [0.717, 1.165) is 31.6 Å². The summed E-state index contributed by atoms with van der Waals surface area (Å²) in [5.74, 6) is 1.73. The van der Waals surface area contributed by atoms with Crippen molar-refractivity contribution in [1.29, 1.82) is 0 Å². The molecular weight excluding hydrogens is 174 g/mol. The maximum Gasteiger partial charge on any atom is 0.0468 e. The fourth-order valence-electron chi connectivity index (χ4n) is 3.46. The van der Waals surface area contributed by atoms with E-state index < -0.39 is 0 Å². The van der Waals surface area contributed by atoms with Gasteiger partial charge in [0.05, 0.1) is 0 Å². The van der Waals surface area contributed by atoms with Crippen LogP contribution in [0.5, 0.6) is 0 Å². The highest BCUT2D eigenvalue weighted by Crippen LogP contribution is 2.49. The van der Waals surface area contributed by atoms with Crippen molar-refractivity contribution in [3.63, 3.8) is 0 Å². The van der Waals surface area contributed by atoms with Gasteiger partial charge in [0, 0.05) is 13.2 Å². The first-order valence-electron chi connectivity index (χ1n) is 6.05. The molecule has 1 heterocycles. The van der Waals surface area contributed by atoms with Crippen molar-refractivity contribution in [2.45, 2.75) is 39.0 Å². The lowest BCUT2D eigenvalue weighted by Crippen LogP contribution is -2.39. The van der Waals surface area contributed by atoms with Gasteiger partial charge in [0.1, 0.15) is 0 Å². The molecule has 0 aromatic carbocycles. The Morgan fingerprint density at radius 2 is 2.00 bits per heavy atom. The summed E-state index contributed by atoms with van der Waals surface area (Å²) in [5.41, 5.74) is 6.50. The zero-order valence-corrected chi connectivity index (χ0v) is 9.30. The minimum absolute atomic E-state index is 0.475. The van der Waals surface area contributed by atoms with Crippen molar-refractivity contribution < 1.29 is 4.74 Å². The Kier molecular flexibility index (Phi) is 3.13. The molecule has 0 amide bonds. The molecule has 1 aliphatic carbocycles. The topological polar surface area (TPSA) is 35.2 Å². The summed E-state index contributed by atoms with van der Waals surface area (Å²) in [6, 6.07) is 0. The van der Waals surface area contributed by atoms with Gasteiger partial charge < -0.3 is 10.5 Å². The van der Waals surface area contributed by atoms with Gasteiger partial charge in [-0.25, -0.2) is 0 Å². The van der Waals surface area contributed by atoms with Crippen molar-refractivity contribution in [2.75, 3.05) is 19.8 Å². The van der Waals surface area contributed by atoms with Crippen molar-refractivity contribution in [1.82, 2.24) is 0 Å². The van der Waals surface area contributed by atoms with Crippen LogP contribution in [0.1, 0.15) is 39.0 Å². The zero-order chi connectivity index (χ0) is 10.0. The smallest absolute Gasteiger partial charge is 0.0468 e. The summed E-state index contributed by atoms with van der Waals surface area (Å²) in [7, 11) is 0. The molecule has 1 aliphatic heterocycles. The van der Waals surface area contributed by atoms with Crippen molar-refractivity contribution >= 4 is 0 Å². The molecular formula is C12H23NO.